The number of carbonyl (C=O) groups excluding carboxylic acids is 3. The molecule has 0 aliphatic carbocycles. The highest BCUT2D eigenvalue weighted by Crippen LogP contribution is 2.14. The predicted octanol–water partition coefficient (Wildman–Crippen LogP) is 3.48. The van der Waals surface area contributed by atoms with Crippen LogP contribution in [0, 0.1) is 0 Å². The minimum atomic E-state index is -0.597. The third-order valence-corrected chi connectivity index (χ3v) is 3.36. The number of ketones is 1. The van der Waals surface area contributed by atoms with Crippen molar-refractivity contribution >= 4 is 34.9 Å². The summed E-state index contributed by atoms with van der Waals surface area (Å²) in [5.41, 5.74) is 1.06. The Morgan fingerprint density at radius 2 is 1.71 bits per heavy atom. The van der Waals surface area contributed by atoms with E-state index in [1.807, 2.05) is 6.07 Å². The van der Waals surface area contributed by atoms with Gasteiger partial charge in [0.25, 0.3) is 5.91 Å². The van der Waals surface area contributed by atoms with E-state index in [0.29, 0.717) is 16.3 Å². The van der Waals surface area contributed by atoms with Gasteiger partial charge in [-0.25, -0.2) is 0 Å². The molecule has 6 heteroatoms. The second-order valence-corrected chi connectivity index (χ2v) is 5.44. The lowest BCUT2D eigenvalue weighted by Crippen LogP contribution is -2.21. The van der Waals surface area contributed by atoms with Crippen molar-refractivity contribution < 1.29 is 19.1 Å². The molecule has 2 rings (SSSR count). The van der Waals surface area contributed by atoms with Gasteiger partial charge in [-0.3, -0.25) is 14.4 Å². The molecule has 24 heavy (non-hydrogen) atoms. The van der Waals surface area contributed by atoms with Crippen LogP contribution in [0.15, 0.2) is 54.6 Å². The summed E-state index contributed by atoms with van der Waals surface area (Å²) in [6, 6.07) is 15.3. The highest BCUT2D eigenvalue weighted by Gasteiger charge is 2.12. The number of carbonyl (C=O) groups is 3. The second-order valence-electron chi connectivity index (χ2n) is 5.01. The first-order chi connectivity index (χ1) is 11.5. The first kappa shape index (κ1) is 17.7. The minimum absolute atomic E-state index is 0.0404. The quantitative estimate of drug-likeness (QED) is 0.616. The summed E-state index contributed by atoms with van der Waals surface area (Å²) in [7, 11) is 0. The smallest absolute Gasteiger partial charge is 0.306 e. The minimum Gasteiger partial charge on any atom is -0.456 e. The Morgan fingerprint density at radius 1 is 0.958 bits per heavy atom. The average molecular weight is 346 g/mol. The number of rotatable bonds is 7. The highest BCUT2D eigenvalue weighted by molar-refractivity contribution is 6.30. The number of benzene rings is 2. The maximum atomic E-state index is 11.9. The molecule has 0 bridgehead atoms. The molecule has 2 aromatic carbocycles. The Kier molecular flexibility index (Phi) is 6.51. The Bertz CT molecular complexity index is 731. The van der Waals surface area contributed by atoms with Crippen LogP contribution in [0.4, 0.5) is 5.69 Å². The van der Waals surface area contributed by atoms with Crippen molar-refractivity contribution in [3.05, 3.63) is 65.2 Å². The van der Waals surface area contributed by atoms with E-state index in [9.17, 15) is 14.4 Å². The molecule has 0 aliphatic rings. The number of nitrogens with one attached hydrogen (secondary N) is 1. The fraction of sp³-hybridized carbons (Fsp3) is 0.167. The van der Waals surface area contributed by atoms with Gasteiger partial charge in [0.2, 0.25) is 0 Å². The molecule has 1 N–H and O–H groups in total. The van der Waals surface area contributed by atoms with E-state index in [1.54, 1.807) is 48.5 Å². The fourth-order valence-electron chi connectivity index (χ4n) is 1.97. The number of hydrogen-bond acceptors (Lipinski definition) is 4. The Hall–Kier alpha value is -2.66. The number of anilines is 1. The summed E-state index contributed by atoms with van der Waals surface area (Å²) in [4.78, 5) is 35.2. The van der Waals surface area contributed by atoms with Crippen molar-refractivity contribution in [3.63, 3.8) is 0 Å². The molecule has 0 aromatic heterocycles. The molecule has 0 radical (unpaired) electrons. The molecule has 0 atom stereocenters. The molecule has 0 fully saturated rings. The van der Waals surface area contributed by atoms with Crippen LogP contribution in [0.5, 0.6) is 0 Å². The Labute approximate surface area is 144 Å². The Morgan fingerprint density at radius 3 is 2.42 bits per heavy atom. The topological polar surface area (TPSA) is 72.5 Å². The summed E-state index contributed by atoms with van der Waals surface area (Å²) in [6.07, 6.45) is -0.0308. The van der Waals surface area contributed by atoms with E-state index in [2.05, 4.69) is 5.32 Å². The van der Waals surface area contributed by atoms with Crippen molar-refractivity contribution in [2.75, 3.05) is 11.9 Å². The van der Waals surface area contributed by atoms with E-state index in [1.165, 1.54) is 0 Å². The van der Waals surface area contributed by atoms with Crippen molar-refractivity contribution in [2.45, 2.75) is 12.8 Å². The van der Waals surface area contributed by atoms with Crippen LogP contribution in [0.25, 0.3) is 0 Å². The van der Waals surface area contributed by atoms with Gasteiger partial charge in [-0.05, 0) is 18.2 Å². The number of amides is 1. The van der Waals surface area contributed by atoms with Crippen molar-refractivity contribution in [1.29, 1.82) is 0 Å². The molecule has 1 amide bonds. The maximum absolute atomic E-state index is 11.9. The van der Waals surface area contributed by atoms with E-state index < -0.39 is 18.5 Å². The first-order valence-corrected chi connectivity index (χ1v) is 7.71. The van der Waals surface area contributed by atoms with Crippen molar-refractivity contribution in [2.24, 2.45) is 0 Å². The fourth-order valence-corrected chi connectivity index (χ4v) is 2.16. The molecule has 5 nitrogen and oxygen atoms in total. The lowest BCUT2D eigenvalue weighted by Gasteiger charge is -2.07. The SMILES string of the molecule is O=C(COC(=O)CCC(=O)c1ccccc1)Nc1cccc(Cl)c1. The number of Topliss-reactive ketones (excluding diaryl/α,β-unsaturated/α-hetero) is 1. The molecule has 0 aliphatic heterocycles. The highest BCUT2D eigenvalue weighted by atomic mass is 35.5. The number of hydrogen-bond donors (Lipinski definition) is 1. The molecular weight excluding hydrogens is 330 g/mol. The standard InChI is InChI=1S/C18H16ClNO4/c19-14-7-4-8-15(11-14)20-17(22)12-24-18(23)10-9-16(21)13-5-2-1-3-6-13/h1-8,11H,9-10,12H2,(H,20,22). The van der Waals surface area contributed by atoms with Crippen LogP contribution in [-0.4, -0.2) is 24.3 Å². The summed E-state index contributed by atoms with van der Waals surface area (Å²) >= 11 is 5.81. The monoisotopic (exact) mass is 345 g/mol. The van der Waals surface area contributed by atoms with Crippen LogP contribution >= 0.6 is 11.6 Å². The van der Waals surface area contributed by atoms with Gasteiger partial charge in [0.05, 0.1) is 6.42 Å². The van der Waals surface area contributed by atoms with Crippen LogP contribution in [0.2, 0.25) is 5.02 Å². The van der Waals surface area contributed by atoms with Gasteiger partial charge in [0, 0.05) is 22.7 Å². The van der Waals surface area contributed by atoms with E-state index in [0.717, 1.165) is 0 Å². The van der Waals surface area contributed by atoms with Crippen LogP contribution < -0.4 is 5.32 Å². The second kappa shape index (κ2) is 8.84. The largest absolute Gasteiger partial charge is 0.456 e. The van der Waals surface area contributed by atoms with Gasteiger partial charge in [-0.2, -0.15) is 0 Å². The third-order valence-electron chi connectivity index (χ3n) is 3.12. The lowest BCUT2D eigenvalue weighted by atomic mass is 10.1. The van der Waals surface area contributed by atoms with Crippen LogP contribution in [0.3, 0.4) is 0 Å². The molecule has 0 unspecified atom stereocenters. The van der Waals surface area contributed by atoms with Gasteiger partial charge in [0.1, 0.15) is 0 Å². The van der Waals surface area contributed by atoms with Gasteiger partial charge < -0.3 is 10.1 Å². The average Bonchev–Trinajstić information content (AvgIpc) is 2.58. The molecule has 0 saturated carbocycles. The van der Waals surface area contributed by atoms with Crippen LogP contribution in [-0.2, 0) is 14.3 Å². The van der Waals surface area contributed by atoms with E-state index in [4.69, 9.17) is 16.3 Å². The normalized spacial score (nSPS) is 10.0. The van der Waals surface area contributed by atoms with Gasteiger partial charge in [0.15, 0.2) is 12.4 Å². The van der Waals surface area contributed by atoms with Crippen LogP contribution in [0.1, 0.15) is 23.2 Å². The zero-order chi connectivity index (χ0) is 17.4. The summed E-state index contributed by atoms with van der Waals surface area (Å²) in [5.74, 6) is -1.21. The predicted molar refractivity (Wildman–Crippen MR) is 91.0 cm³/mol. The number of halogens is 1. The molecular formula is C18H16ClNO4. The maximum Gasteiger partial charge on any atom is 0.306 e. The zero-order valence-corrected chi connectivity index (χ0v) is 13.6. The van der Waals surface area contributed by atoms with E-state index >= 15 is 0 Å². The summed E-state index contributed by atoms with van der Waals surface area (Å²) < 4.78 is 4.86. The first-order valence-electron chi connectivity index (χ1n) is 7.34. The van der Waals surface area contributed by atoms with Crippen molar-refractivity contribution in [1.82, 2.24) is 0 Å². The molecule has 0 heterocycles. The third kappa shape index (κ3) is 5.85. The molecule has 0 spiro atoms. The molecule has 2 aromatic rings. The summed E-state index contributed by atoms with van der Waals surface area (Å²) in [5, 5.41) is 3.05. The molecule has 0 saturated heterocycles. The summed E-state index contributed by atoms with van der Waals surface area (Å²) in [6.45, 7) is -0.412. The molecule has 124 valence electrons. The van der Waals surface area contributed by atoms with Gasteiger partial charge >= 0.3 is 5.97 Å². The Balaban J connectivity index is 1.71. The van der Waals surface area contributed by atoms with E-state index in [-0.39, 0.29) is 18.6 Å². The van der Waals surface area contributed by atoms with Crippen molar-refractivity contribution in [3.8, 4) is 0 Å². The van der Waals surface area contributed by atoms with Gasteiger partial charge in [-0.1, -0.05) is 48.0 Å². The number of ether oxygens (including phenoxy) is 1. The lowest BCUT2D eigenvalue weighted by molar-refractivity contribution is -0.147. The zero-order valence-electron chi connectivity index (χ0n) is 12.8. The number of esters is 1. The van der Waals surface area contributed by atoms with Gasteiger partial charge in [-0.15, -0.1) is 0 Å².